The number of rotatable bonds is 5. The standard InChI is InChI=1S/C19H21N7OS/c1-4-24(10-16-21-15-8-6-5-7-14(15)17(27)22-16)11-25-19(28)26-13(3)9-12(2)20-18(26)23-25/h5-9H,4,10-11H2,1-3H3,(H,21,22,27)/p+1. The van der Waals surface area contributed by atoms with Crippen molar-refractivity contribution in [3.05, 3.63) is 62.7 Å². The number of aromatic amines is 1. The summed E-state index contributed by atoms with van der Waals surface area (Å²) in [6.07, 6.45) is 0. The van der Waals surface area contributed by atoms with Gasteiger partial charge < -0.3 is 9.88 Å². The first-order valence-electron chi connectivity index (χ1n) is 9.21. The van der Waals surface area contributed by atoms with Crippen molar-refractivity contribution < 1.29 is 4.90 Å². The Morgan fingerprint density at radius 1 is 1.21 bits per heavy atom. The Labute approximate surface area is 166 Å². The van der Waals surface area contributed by atoms with Crippen molar-refractivity contribution in [2.75, 3.05) is 6.54 Å². The molecule has 2 N–H and O–H groups in total. The zero-order valence-corrected chi connectivity index (χ0v) is 16.9. The molecule has 1 atom stereocenters. The van der Waals surface area contributed by atoms with Gasteiger partial charge in [-0.2, -0.15) is 4.68 Å². The molecule has 0 radical (unpaired) electrons. The first-order valence-corrected chi connectivity index (χ1v) is 9.62. The van der Waals surface area contributed by atoms with Crippen LogP contribution in [0, 0.1) is 18.6 Å². The van der Waals surface area contributed by atoms with Crippen LogP contribution in [0.5, 0.6) is 0 Å². The molecule has 0 amide bonds. The Kier molecular flexibility index (Phi) is 4.78. The van der Waals surface area contributed by atoms with E-state index in [0.29, 0.717) is 40.5 Å². The minimum Gasteiger partial charge on any atom is -0.310 e. The van der Waals surface area contributed by atoms with Crippen LogP contribution in [-0.2, 0) is 13.2 Å². The van der Waals surface area contributed by atoms with Gasteiger partial charge in [-0.25, -0.2) is 9.97 Å². The predicted octanol–water partition coefficient (Wildman–Crippen LogP) is 1.18. The highest BCUT2D eigenvalue weighted by atomic mass is 32.1. The predicted molar refractivity (Wildman–Crippen MR) is 109 cm³/mol. The molecule has 4 aromatic rings. The van der Waals surface area contributed by atoms with Crippen molar-refractivity contribution in [1.29, 1.82) is 0 Å². The number of aromatic nitrogens is 6. The minimum absolute atomic E-state index is 0.115. The van der Waals surface area contributed by atoms with Gasteiger partial charge in [0.05, 0.1) is 17.4 Å². The van der Waals surface area contributed by atoms with E-state index in [0.717, 1.165) is 17.9 Å². The maximum absolute atomic E-state index is 12.3. The second-order valence-electron chi connectivity index (χ2n) is 6.92. The van der Waals surface area contributed by atoms with Gasteiger partial charge in [-0.1, -0.05) is 12.1 Å². The molecule has 0 saturated carbocycles. The van der Waals surface area contributed by atoms with Crippen LogP contribution in [0.2, 0.25) is 0 Å². The molecule has 1 aromatic carbocycles. The average Bonchev–Trinajstić information content (AvgIpc) is 2.96. The van der Waals surface area contributed by atoms with Crippen LogP contribution in [0.1, 0.15) is 24.1 Å². The molecule has 0 fully saturated rings. The molecule has 0 saturated heterocycles. The second-order valence-corrected chi connectivity index (χ2v) is 7.29. The molecule has 0 aliphatic carbocycles. The number of hydrogen-bond acceptors (Lipinski definition) is 5. The molecular weight excluding hydrogens is 374 g/mol. The maximum atomic E-state index is 12.3. The summed E-state index contributed by atoms with van der Waals surface area (Å²) in [5.41, 5.74) is 2.51. The van der Waals surface area contributed by atoms with Crippen LogP contribution < -0.4 is 10.5 Å². The number of para-hydroxylation sites is 1. The van der Waals surface area contributed by atoms with Gasteiger partial charge in [0.2, 0.25) is 4.77 Å². The molecule has 9 heteroatoms. The molecule has 28 heavy (non-hydrogen) atoms. The zero-order chi connectivity index (χ0) is 19.8. The van der Waals surface area contributed by atoms with Gasteiger partial charge in [-0.05, 0) is 51.2 Å². The van der Waals surface area contributed by atoms with Crippen molar-refractivity contribution in [2.45, 2.75) is 34.0 Å². The van der Waals surface area contributed by atoms with Gasteiger partial charge in [0.1, 0.15) is 6.54 Å². The highest BCUT2D eigenvalue weighted by molar-refractivity contribution is 7.71. The molecule has 0 spiro atoms. The Hall–Kier alpha value is -2.91. The highest BCUT2D eigenvalue weighted by Gasteiger charge is 2.15. The minimum atomic E-state index is -0.115. The van der Waals surface area contributed by atoms with Gasteiger partial charge in [0.15, 0.2) is 12.5 Å². The van der Waals surface area contributed by atoms with Crippen molar-refractivity contribution in [3.8, 4) is 0 Å². The van der Waals surface area contributed by atoms with E-state index in [1.807, 2.05) is 42.5 Å². The summed E-state index contributed by atoms with van der Waals surface area (Å²) < 4.78 is 4.29. The zero-order valence-electron chi connectivity index (χ0n) is 16.1. The molecule has 0 aliphatic rings. The normalized spacial score (nSPS) is 12.7. The number of fused-ring (bicyclic) bond motifs is 2. The summed E-state index contributed by atoms with van der Waals surface area (Å²) in [4.78, 5) is 25.5. The maximum Gasteiger partial charge on any atom is 0.258 e. The van der Waals surface area contributed by atoms with Crippen LogP contribution >= 0.6 is 12.2 Å². The number of nitrogens with one attached hydrogen (secondary N) is 2. The fourth-order valence-electron chi connectivity index (χ4n) is 3.40. The molecule has 144 valence electrons. The van der Waals surface area contributed by atoms with Crippen molar-refractivity contribution in [1.82, 2.24) is 29.1 Å². The monoisotopic (exact) mass is 396 g/mol. The summed E-state index contributed by atoms with van der Waals surface area (Å²) in [7, 11) is 0. The van der Waals surface area contributed by atoms with E-state index in [1.54, 1.807) is 10.7 Å². The number of H-pyrrole nitrogens is 1. The Balaban J connectivity index is 1.65. The summed E-state index contributed by atoms with van der Waals surface area (Å²) in [5, 5.41) is 5.18. The lowest BCUT2D eigenvalue weighted by atomic mass is 10.2. The molecule has 1 unspecified atom stereocenters. The lowest BCUT2D eigenvalue weighted by molar-refractivity contribution is -0.935. The third-order valence-corrected chi connectivity index (χ3v) is 5.22. The van der Waals surface area contributed by atoms with E-state index >= 15 is 0 Å². The Morgan fingerprint density at radius 2 is 2.00 bits per heavy atom. The summed E-state index contributed by atoms with van der Waals surface area (Å²) in [6.45, 7) is 7.99. The van der Waals surface area contributed by atoms with E-state index in [1.165, 1.54) is 4.90 Å². The van der Waals surface area contributed by atoms with E-state index < -0.39 is 0 Å². The molecule has 8 nitrogen and oxygen atoms in total. The van der Waals surface area contributed by atoms with Gasteiger partial charge in [-0.15, -0.1) is 5.10 Å². The van der Waals surface area contributed by atoms with Crippen LogP contribution in [0.3, 0.4) is 0 Å². The van der Waals surface area contributed by atoms with Crippen LogP contribution in [0.25, 0.3) is 16.7 Å². The summed E-state index contributed by atoms with van der Waals surface area (Å²) in [5.74, 6) is 1.26. The van der Waals surface area contributed by atoms with Gasteiger partial charge in [-0.3, -0.25) is 9.20 Å². The number of quaternary nitrogens is 1. The van der Waals surface area contributed by atoms with E-state index in [-0.39, 0.29) is 5.56 Å². The van der Waals surface area contributed by atoms with Gasteiger partial charge in [0.25, 0.3) is 11.3 Å². The largest absolute Gasteiger partial charge is 0.310 e. The lowest BCUT2D eigenvalue weighted by Gasteiger charge is -2.16. The van der Waals surface area contributed by atoms with Crippen LogP contribution in [-0.4, -0.2) is 35.7 Å². The third-order valence-electron chi connectivity index (χ3n) is 4.82. The fraction of sp³-hybridized carbons (Fsp3) is 0.316. The second kappa shape index (κ2) is 7.25. The SMILES string of the molecule is CC[NH+](Cc1nc2ccccc2c(=O)[nH]1)Cn1nc2nc(C)cc(C)n2c1=S. The van der Waals surface area contributed by atoms with E-state index in [2.05, 4.69) is 27.0 Å². The summed E-state index contributed by atoms with van der Waals surface area (Å²) in [6, 6.07) is 9.35. The van der Waals surface area contributed by atoms with Gasteiger partial charge >= 0.3 is 0 Å². The average molecular weight is 397 g/mol. The number of benzene rings is 1. The van der Waals surface area contributed by atoms with Crippen molar-refractivity contribution >= 4 is 28.9 Å². The van der Waals surface area contributed by atoms with Crippen molar-refractivity contribution in [3.63, 3.8) is 0 Å². The molecule has 3 aromatic heterocycles. The number of hydrogen-bond donors (Lipinski definition) is 2. The van der Waals surface area contributed by atoms with Crippen LogP contribution in [0.15, 0.2) is 35.1 Å². The Morgan fingerprint density at radius 3 is 2.79 bits per heavy atom. The number of nitrogens with zero attached hydrogens (tertiary/aromatic N) is 5. The Bertz CT molecular complexity index is 1290. The molecular formula is C19H22N7OS+. The smallest absolute Gasteiger partial charge is 0.258 e. The first kappa shape index (κ1) is 18.5. The first-order chi connectivity index (χ1) is 13.5. The summed E-state index contributed by atoms with van der Waals surface area (Å²) >= 11 is 5.61. The highest BCUT2D eigenvalue weighted by Crippen LogP contribution is 2.07. The topological polar surface area (TPSA) is 85.3 Å². The van der Waals surface area contributed by atoms with Crippen LogP contribution in [0.4, 0.5) is 0 Å². The van der Waals surface area contributed by atoms with Crippen molar-refractivity contribution in [2.24, 2.45) is 0 Å². The molecule has 4 rings (SSSR count). The van der Waals surface area contributed by atoms with E-state index in [4.69, 9.17) is 12.2 Å². The van der Waals surface area contributed by atoms with Gasteiger partial charge in [0, 0.05) is 11.4 Å². The quantitative estimate of drug-likeness (QED) is 0.495. The fourth-order valence-corrected chi connectivity index (χ4v) is 3.73. The molecule has 0 bridgehead atoms. The van der Waals surface area contributed by atoms with E-state index in [9.17, 15) is 4.79 Å². The molecule has 0 aliphatic heterocycles. The lowest BCUT2D eigenvalue weighted by Crippen LogP contribution is -3.09. The number of aryl methyl sites for hydroxylation is 2. The molecule has 3 heterocycles. The third kappa shape index (κ3) is 3.34.